The number of nitrogens with zero attached hydrogens (tertiary/aromatic N) is 2. The van der Waals surface area contributed by atoms with E-state index in [-0.39, 0.29) is 71.3 Å². The minimum absolute atomic E-state index is 0.0858. The predicted molar refractivity (Wildman–Crippen MR) is 151 cm³/mol. The summed E-state index contributed by atoms with van der Waals surface area (Å²) in [6, 6.07) is 10.8. The third-order valence-electron chi connectivity index (χ3n) is 6.82. The number of rotatable bonds is 11. The van der Waals surface area contributed by atoms with E-state index in [0.29, 0.717) is 5.56 Å². The Morgan fingerprint density at radius 1 is 1.22 bits per heavy atom. The summed E-state index contributed by atoms with van der Waals surface area (Å²) in [5, 5.41) is 18.7. The van der Waals surface area contributed by atoms with Gasteiger partial charge in [0.1, 0.15) is 29.2 Å². The molecule has 0 bridgehead atoms. The number of ether oxygens (including phenoxy) is 2. The van der Waals surface area contributed by atoms with Crippen molar-refractivity contribution in [2.75, 3.05) is 24.1 Å². The second-order valence-corrected chi connectivity index (χ2v) is 12.1. The molecule has 1 atom stereocenters. The number of carbonyl (C=O) groups is 1. The Bertz CT molecular complexity index is 1570. The fourth-order valence-corrected chi connectivity index (χ4v) is 6.43. The van der Waals surface area contributed by atoms with Gasteiger partial charge in [0.05, 0.1) is 23.9 Å². The lowest BCUT2D eigenvalue weighted by atomic mass is 10.1. The summed E-state index contributed by atoms with van der Waals surface area (Å²) in [6.07, 6.45) is 5.70. The number of carboxylic acid groups (broad SMARTS) is 1. The Hall–Kier alpha value is -3.67. The highest BCUT2D eigenvalue weighted by Crippen LogP contribution is 2.44. The van der Waals surface area contributed by atoms with Gasteiger partial charge >= 0.3 is 5.97 Å². The van der Waals surface area contributed by atoms with Crippen molar-refractivity contribution in [3.8, 4) is 11.6 Å². The molecule has 0 amide bonds. The molecule has 1 aliphatic carbocycles. The number of pyridine rings is 1. The van der Waals surface area contributed by atoms with Gasteiger partial charge in [0.25, 0.3) is 10.0 Å². The van der Waals surface area contributed by atoms with E-state index in [1.807, 2.05) is 0 Å². The molecule has 216 valence electrons. The van der Waals surface area contributed by atoms with Crippen LogP contribution in [-0.2, 0) is 14.8 Å². The molecule has 5 rings (SSSR count). The van der Waals surface area contributed by atoms with Crippen LogP contribution in [0.1, 0.15) is 48.3 Å². The highest BCUT2D eigenvalue weighted by Gasteiger charge is 2.38. The molecule has 2 aromatic carbocycles. The van der Waals surface area contributed by atoms with E-state index in [9.17, 15) is 27.8 Å². The van der Waals surface area contributed by atoms with Gasteiger partial charge in [0.15, 0.2) is 0 Å². The Morgan fingerprint density at radius 2 is 2.02 bits per heavy atom. The molecule has 12 heteroatoms. The summed E-state index contributed by atoms with van der Waals surface area (Å²) >= 11 is 6.15. The number of aliphatic hydroxyl groups is 1. The first kappa shape index (κ1) is 28.8. The fraction of sp³-hybridized carbons (Fsp3) is 0.310. The second-order valence-electron chi connectivity index (χ2n) is 9.82. The van der Waals surface area contributed by atoms with Crippen molar-refractivity contribution >= 4 is 45.4 Å². The van der Waals surface area contributed by atoms with Crippen molar-refractivity contribution in [2.24, 2.45) is 0 Å². The van der Waals surface area contributed by atoms with Gasteiger partial charge in [-0.1, -0.05) is 29.8 Å². The largest absolute Gasteiger partial charge is 0.486 e. The maximum absolute atomic E-state index is 14.3. The molecule has 0 saturated heterocycles. The molecule has 41 heavy (non-hydrogen) atoms. The summed E-state index contributed by atoms with van der Waals surface area (Å²) in [6.45, 7) is -0.625. The molecular weight excluding hydrogens is 575 g/mol. The smallest absolute Gasteiger partial charge is 0.303 e. The third-order valence-corrected chi connectivity index (χ3v) is 8.93. The van der Waals surface area contributed by atoms with Crippen molar-refractivity contribution in [3.63, 3.8) is 0 Å². The molecule has 0 spiro atoms. The van der Waals surface area contributed by atoms with Gasteiger partial charge in [-0.2, -0.15) is 0 Å². The standard InChI is InChI=1S/C29H28ClFN2O7S/c30-23-2-1-3-24(31)22(23)9-4-18-5-10-26-25(14-18)33(17-21(40-26)8-11-28(35)36)41(37,38)27-15-20(19-6-7-19)16-32-29(27)39-13-12-34/h1-5,9-10,14-16,19,21,34H,6-8,11-13,17H2,(H,35,36)/b9-4+/t21-/m0/s1. The molecule has 2 N–H and O–H groups in total. The lowest BCUT2D eigenvalue weighted by Gasteiger charge is -2.35. The first-order valence-corrected chi connectivity index (χ1v) is 14.9. The van der Waals surface area contributed by atoms with Crippen LogP contribution in [0.4, 0.5) is 10.1 Å². The average Bonchev–Trinajstić information content (AvgIpc) is 3.80. The van der Waals surface area contributed by atoms with Gasteiger partial charge in [-0.15, -0.1) is 0 Å². The highest BCUT2D eigenvalue weighted by atomic mass is 35.5. The summed E-state index contributed by atoms with van der Waals surface area (Å²) in [5.41, 5.74) is 1.74. The van der Waals surface area contributed by atoms with Crippen molar-refractivity contribution in [2.45, 2.75) is 42.6 Å². The van der Waals surface area contributed by atoms with Crippen molar-refractivity contribution in [3.05, 3.63) is 76.2 Å². The number of hydrogen-bond acceptors (Lipinski definition) is 7. The van der Waals surface area contributed by atoms with E-state index < -0.39 is 27.9 Å². The van der Waals surface area contributed by atoms with Crippen LogP contribution >= 0.6 is 11.6 Å². The Morgan fingerprint density at radius 3 is 2.73 bits per heavy atom. The third kappa shape index (κ3) is 6.47. The number of anilines is 1. The number of carboxylic acids is 1. The number of halogens is 2. The van der Waals surface area contributed by atoms with E-state index >= 15 is 0 Å². The lowest BCUT2D eigenvalue weighted by Crippen LogP contribution is -2.44. The first-order chi connectivity index (χ1) is 19.7. The molecule has 2 heterocycles. The first-order valence-electron chi connectivity index (χ1n) is 13.1. The molecule has 0 unspecified atom stereocenters. The minimum Gasteiger partial charge on any atom is -0.486 e. The molecule has 0 radical (unpaired) electrons. The number of aliphatic carboxylic acids is 1. The fourth-order valence-electron chi connectivity index (χ4n) is 4.59. The van der Waals surface area contributed by atoms with Crippen LogP contribution in [0.3, 0.4) is 0 Å². The van der Waals surface area contributed by atoms with E-state index in [0.717, 1.165) is 18.4 Å². The van der Waals surface area contributed by atoms with Crippen LogP contribution in [0, 0.1) is 5.82 Å². The molecular formula is C29H28ClFN2O7S. The van der Waals surface area contributed by atoms with Gasteiger partial charge in [-0.3, -0.25) is 9.10 Å². The quantitative estimate of drug-likeness (QED) is 0.290. The number of aliphatic hydroxyl groups excluding tert-OH is 1. The molecule has 1 aromatic heterocycles. The zero-order valence-electron chi connectivity index (χ0n) is 21.9. The van der Waals surface area contributed by atoms with Gasteiger partial charge in [0, 0.05) is 18.2 Å². The average molecular weight is 603 g/mol. The molecule has 3 aromatic rings. The summed E-state index contributed by atoms with van der Waals surface area (Å²) in [4.78, 5) is 15.4. The van der Waals surface area contributed by atoms with Crippen LogP contribution in [-0.4, -0.2) is 55.4 Å². The Labute approximate surface area is 241 Å². The molecule has 1 saturated carbocycles. The zero-order chi connectivity index (χ0) is 29.1. The summed E-state index contributed by atoms with van der Waals surface area (Å²) < 4.78 is 55.6. The summed E-state index contributed by atoms with van der Waals surface area (Å²) in [7, 11) is -4.30. The highest BCUT2D eigenvalue weighted by molar-refractivity contribution is 7.93. The van der Waals surface area contributed by atoms with Gasteiger partial charge in [-0.25, -0.2) is 17.8 Å². The number of hydrogen-bond donors (Lipinski definition) is 2. The Balaban J connectivity index is 1.57. The zero-order valence-corrected chi connectivity index (χ0v) is 23.4. The number of fused-ring (bicyclic) bond motifs is 1. The van der Waals surface area contributed by atoms with Gasteiger partial charge < -0.3 is 19.7 Å². The van der Waals surface area contributed by atoms with Gasteiger partial charge in [-0.05, 0) is 72.7 Å². The van der Waals surface area contributed by atoms with E-state index in [4.69, 9.17) is 21.1 Å². The van der Waals surface area contributed by atoms with Crippen LogP contribution < -0.4 is 13.8 Å². The van der Waals surface area contributed by atoms with Crippen LogP contribution in [0.25, 0.3) is 12.2 Å². The molecule has 1 fully saturated rings. The summed E-state index contributed by atoms with van der Waals surface area (Å²) in [5.74, 6) is -1.20. The number of benzene rings is 2. The second kappa shape index (κ2) is 12.1. The topological polar surface area (TPSA) is 126 Å². The lowest BCUT2D eigenvalue weighted by molar-refractivity contribution is -0.137. The Kier molecular flexibility index (Phi) is 8.48. The number of sulfonamides is 1. The van der Waals surface area contributed by atoms with Crippen molar-refractivity contribution in [1.82, 2.24) is 4.98 Å². The van der Waals surface area contributed by atoms with Crippen LogP contribution in [0.2, 0.25) is 5.02 Å². The molecule has 2 aliphatic rings. The van der Waals surface area contributed by atoms with E-state index in [2.05, 4.69) is 4.98 Å². The maximum atomic E-state index is 14.3. The van der Waals surface area contributed by atoms with Crippen LogP contribution in [0.5, 0.6) is 11.6 Å². The van der Waals surface area contributed by atoms with E-state index in [1.54, 1.807) is 42.6 Å². The predicted octanol–water partition coefficient (Wildman–Crippen LogP) is 5.11. The van der Waals surface area contributed by atoms with E-state index in [1.165, 1.54) is 22.5 Å². The van der Waals surface area contributed by atoms with Crippen LogP contribution in [0.15, 0.2) is 53.6 Å². The van der Waals surface area contributed by atoms with Crippen molar-refractivity contribution in [1.29, 1.82) is 0 Å². The molecule has 1 aliphatic heterocycles. The maximum Gasteiger partial charge on any atom is 0.303 e. The molecule has 9 nitrogen and oxygen atoms in total. The monoisotopic (exact) mass is 602 g/mol. The minimum atomic E-state index is -4.30. The normalized spacial score (nSPS) is 16.9. The van der Waals surface area contributed by atoms with Gasteiger partial charge in [0.2, 0.25) is 5.88 Å². The number of aromatic nitrogens is 1. The SMILES string of the molecule is O=C(O)CC[C@H]1CN(S(=O)(=O)c2cc(C3CC3)cnc2OCCO)c2cc(/C=C/c3c(F)cccc3Cl)ccc2O1. The van der Waals surface area contributed by atoms with Crippen molar-refractivity contribution < 1.29 is 37.3 Å².